The molecule has 0 spiro atoms. The van der Waals surface area contributed by atoms with E-state index in [0.717, 1.165) is 44.4 Å². The second kappa shape index (κ2) is 9.12. The fraction of sp³-hybridized carbons (Fsp3) is 0.852. The fourth-order valence-corrected chi connectivity index (χ4v) is 8.46. The van der Waals surface area contributed by atoms with Crippen molar-refractivity contribution in [2.75, 3.05) is 6.54 Å². The predicted molar refractivity (Wildman–Crippen MR) is 125 cm³/mol. The molecule has 4 aliphatic carbocycles. The minimum Gasteiger partial charge on any atom is -0.481 e. The van der Waals surface area contributed by atoms with Gasteiger partial charge in [-0.15, -0.1) is 0 Å². The van der Waals surface area contributed by atoms with Gasteiger partial charge in [0, 0.05) is 18.9 Å². The highest BCUT2D eigenvalue weighted by Gasteiger charge is 2.59. The van der Waals surface area contributed by atoms with Crippen LogP contribution in [0.25, 0.3) is 0 Å². The molecule has 0 unspecified atom stereocenters. The summed E-state index contributed by atoms with van der Waals surface area (Å²) < 4.78 is 0. The molecule has 5 heteroatoms. The number of carboxylic acid groups (broad SMARTS) is 1. The van der Waals surface area contributed by atoms with Crippen LogP contribution in [-0.4, -0.2) is 34.7 Å². The Hall–Kier alpha value is -1.36. The lowest BCUT2D eigenvalue weighted by atomic mass is 9.47. The van der Waals surface area contributed by atoms with Crippen molar-refractivity contribution in [2.45, 2.75) is 97.5 Å². The standard InChI is InChI=1S/C27H43NO4/c1-17(25(32)28-15-5-4-6-24(30)31)21-9-10-22-20-8-7-18-16-19(29)11-13-26(18,2)23(20)12-14-27(21,22)3/h7,17,19-23,29H,4-6,8-16H2,1-3H3,(H,28,32)(H,30,31)/t17-,19-,20-,21+,22-,23-,26-,27+/m0/s1. The van der Waals surface area contributed by atoms with E-state index in [9.17, 15) is 14.7 Å². The first-order valence-electron chi connectivity index (χ1n) is 13.0. The number of nitrogens with one attached hydrogen (secondary N) is 1. The molecule has 0 bridgehead atoms. The van der Waals surface area contributed by atoms with Crippen LogP contribution in [0.3, 0.4) is 0 Å². The van der Waals surface area contributed by atoms with Crippen molar-refractivity contribution < 1.29 is 19.8 Å². The van der Waals surface area contributed by atoms with Gasteiger partial charge in [0.2, 0.25) is 5.91 Å². The lowest BCUT2D eigenvalue weighted by Crippen LogP contribution is -2.51. The first kappa shape index (κ1) is 23.8. The first-order chi connectivity index (χ1) is 15.2. The Labute approximate surface area is 193 Å². The van der Waals surface area contributed by atoms with Crippen LogP contribution in [0, 0.1) is 40.4 Å². The van der Waals surface area contributed by atoms with E-state index < -0.39 is 5.97 Å². The molecule has 3 fully saturated rings. The Balaban J connectivity index is 1.40. The Morgan fingerprint density at radius 2 is 1.91 bits per heavy atom. The quantitative estimate of drug-likeness (QED) is 0.383. The van der Waals surface area contributed by atoms with Gasteiger partial charge in [0.05, 0.1) is 6.10 Å². The number of allylic oxidation sites excluding steroid dienone is 1. The van der Waals surface area contributed by atoms with Gasteiger partial charge in [-0.1, -0.05) is 32.4 Å². The van der Waals surface area contributed by atoms with Crippen molar-refractivity contribution >= 4 is 11.9 Å². The molecular weight excluding hydrogens is 402 g/mol. The monoisotopic (exact) mass is 445 g/mol. The average molecular weight is 446 g/mol. The highest BCUT2D eigenvalue weighted by Crippen LogP contribution is 2.67. The number of fused-ring (bicyclic) bond motifs is 5. The third-order valence-corrected chi connectivity index (χ3v) is 10.3. The molecule has 4 rings (SSSR count). The van der Waals surface area contributed by atoms with Gasteiger partial charge >= 0.3 is 5.97 Å². The van der Waals surface area contributed by atoms with Gasteiger partial charge in [0.15, 0.2) is 0 Å². The molecule has 5 nitrogen and oxygen atoms in total. The number of hydrogen-bond acceptors (Lipinski definition) is 3. The number of hydrogen-bond donors (Lipinski definition) is 3. The van der Waals surface area contributed by atoms with Gasteiger partial charge in [-0.05, 0) is 98.7 Å². The lowest BCUT2D eigenvalue weighted by Gasteiger charge is -2.58. The zero-order valence-electron chi connectivity index (χ0n) is 20.2. The Bertz CT molecular complexity index is 763. The van der Waals surface area contributed by atoms with Crippen LogP contribution in [0.2, 0.25) is 0 Å². The SMILES string of the molecule is C[C@H](C(=O)NCCCCC(=O)O)[C@H]1CC[C@H]2[C@@H]3CC=C4C[C@@H](O)CC[C@]4(C)[C@H]3CC[C@]12C. The summed E-state index contributed by atoms with van der Waals surface area (Å²) in [5.74, 6) is 1.95. The number of carbonyl (C=O) groups is 2. The number of carboxylic acids is 1. The van der Waals surface area contributed by atoms with Crippen molar-refractivity contribution in [1.29, 1.82) is 0 Å². The van der Waals surface area contributed by atoms with Gasteiger partial charge in [-0.2, -0.15) is 0 Å². The summed E-state index contributed by atoms with van der Waals surface area (Å²) in [5.41, 5.74) is 2.02. The van der Waals surface area contributed by atoms with E-state index in [4.69, 9.17) is 5.11 Å². The maximum Gasteiger partial charge on any atom is 0.303 e. The molecule has 0 aromatic rings. The summed E-state index contributed by atoms with van der Waals surface area (Å²) in [6.45, 7) is 7.62. The lowest BCUT2D eigenvalue weighted by molar-refractivity contribution is -0.137. The van der Waals surface area contributed by atoms with E-state index >= 15 is 0 Å². The third kappa shape index (κ3) is 4.15. The normalized spacial score (nSPS) is 41.6. The maximum absolute atomic E-state index is 12.9. The molecule has 1 amide bonds. The number of aliphatic hydroxyl groups is 1. The minimum absolute atomic E-state index is 0.0103. The molecule has 0 saturated heterocycles. The van der Waals surface area contributed by atoms with Gasteiger partial charge < -0.3 is 15.5 Å². The summed E-state index contributed by atoms with van der Waals surface area (Å²) in [6.07, 6.45) is 12.8. The molecule has 0 radical (unpaired) electrons. The predicted octanol–water partition coefficient (Wildman–Crippen LogP) is 4.93. The second-order valence-corrected chi connectivity index (χ2v) is 11.8. The van der Waals surface area contributed by atoms with Gasteiger partial charge in [0.25, 0.3) is 0 Å². The second-order valence-electron chi connectivity index (χ2n) is 11.8. The number of unbranched alkanes of at least 4 members (excludes halogenated alkanes) is 1. The van der Waals surface area contributed by atoms with Crippen LogP contribution in [-0.2, 0) is 9.59 Å². The topological polar surface area (TPSA) is 86.6 Å². The van der Waals surface area contributed by atoms with E-state index in [-0.39, 0.29) is 35.2 Å². The van der Waals surface area contributed by atoms with Crippen LogP contribution in [0.5, 0.6) is 0 Å². The molecule has 32 heavy (non-hydrogen) atoms. The Kier molecular flexibility index (Phi) is 6.78. The molecule has 4 aliphatic rings. The van der Waals surface area contributed by atoms with E-state index in [1.54, 1.807) is 0 Å². The van der Waals surface area contributed by atoms with E-state index in [2.05, 4.69) is 32.2 Å². The molecule has 180 valence electrons. The summed E-state index contributed by atoms with van der Waals surface area (Å²) >= 11 is 0. The van der Waals surface area contributed by atoms with Crippen LogP contribution in [0.4, 0.5) is 0 Å². The summed E-state index contributed by atoms with van der Waals surface area (Å²) in [6, 6.07) is 0. The van der Waals surface area contributed by atoms with Gasteiger partial charge in [0.1, 0.15) is 0 Å². The van der Waals surface area contributed by atoms with Crippen molar-refractivity contribution in [3.05, 3.63) is 11.6 Å². The average Bonchev–Trinajstić information content (AvgIpc) is 3.10. The first-order valence-corrected chi connectivity index (χ1v) is 13.0. The van der Waals surface area contributed by atoms with Crippen molar-refractivity contribution in [3.63, 3.8) is 0 Å². The van der Waals surface area contributed by atoms with Crippen LogP contribution in [0.1, 0.15) is 91.4 Å². The number of amides is 1. The summed E-state index contributed by atoms with van der Waals surface area (Å²) in [5, 5.41) is 22.1. The molecule has 8 atom stereocenters. The van der Waals surface area contributed by atoms with Crippen molar-refractivity contribution in [2.24, 2.45) is 40.4 Å². The molecular formula is C27H43NO4. The molecule has 0 heterocycles. The molecule has 3 saturated carbocycles. The molecule has 0 aliphatic heterocycles. The number of rotatable bonds is 7. The third-order valence-electron chi connectivity index (χ3n) is 10.3. The van der Waals surface area contributed by atoms with Crippen LogP contribution >= 0.6 is 0 Å². The summed E-state index contributed by atoms with van der Waals surface area (Å²) in [7, 11) is 0. The zero-order chi connectivity index (χ0) is 23.1. The molecule has 3 N–H and O–H groups in total. The maximum atomic E-state index is 12.9. The van der Waals surface area contributed by atoms with Gasteiger partial charge in [-0.3, -0.25) is 9.59 Å². The van der Waals surface area contributed by atoms with E-state index in [1.807, 2.05) is 0 Å². The Morgan fingerprint density at radius 1 is 1.12 bits per heavy atom. The van der Waals surface area contributed by atoms with Crippen LogP contribution < -0.4 is 5.32 Å². The zero-order valence-corrected chi connectivity index (χ0v) is 20.2. The van der Waals surface area contributed by atoms with E-state index in [0.29, 0.717) is 30.7 Å². The number of aliphatic carboxylic acids is 1. The highest BCUT2D eigenvalue weighted by molar-refractivity contribution is 5.78. The number of aliphatic hydroxyl groups excluding tert-OH is 1. The number of carbonyl (C=O) groups excluding carboxylic acids is 1. The Morgan fingerprint density at radius 3 is 2.66 bits per heavy atom. The highest BCUT2D eigenvalue weighted by atomic mass is 16.4. The molecule has 0 aromatic heterocycles. The van der Waals surface area contributed by atoms with Gasteiger partial charge in [-0.25, -0.2) is 0 Å². The minimum atomic E-state index is -0.770. The molecule has 0 aromatic carbocycles. The van der Waals surface area contributed by atoms with E-state index in [1.165, 1.54) is 24.8 Å². The fourth-order valence-electron chi connectivity index (χ4n) is 8.46. The summed E-state index contributed by atoms with van der Waals surface area (Å²) in [4.78, 5) is 23.6. The van der Waals surface area contributed by atoms with Crippen molar-refractivity contribution in [1.82, 2.24) is 5.32 Å². The van der Waals surface area contributed by atoms with Crippen LogP contribution in [0.15, 0.2) is 11.6 Å². The van der Waals surface area contributed by atoms with Crippen molar-refractivity contribution in [3.8, 4) is 0 Å². The smallest absolute Gasteiger partial charge is 0.303 e. The largest absolute Gasteiger partial charge is 0.481 e.